The van der Waals surface area contributed by atoms with Gasteiger partial charge in [0.1, 0.15) is 5.75 Å². The first-order chi connectivity index (χ1) is 8.91. The molecule has 0 saturated carbocycles. The number of hydrogen-bond acceptors (Lipinski definition) is 2. The van der Waals surface area contributed by atoms with Gasteiger partial charge in [-0.2, -0.15) is 5.26 Å². The summed E-state index contributed by atoms with van der Waals surface area (Å²) >= 11 is 0. The predicted molar refractivity (Wildman–Crippen MR) is 83.8 cm³/mol. The van der Waals surface area contributed by atoms with Crippen LogP contribution in [0.2, 0.25) is 0 Å². The van der Waals surface area contributed by atoms with Crippen LogP contribution in [0.3, 0.4) is 0 Å². The average Bonchev–Trinajstić information content (AvgIpc) is 2.26. The van der Waals surface area contributed by atoms with Gasteiger partial charge in [0.2, 0.25) is 0 Å². The fraction of sp³-hybridized carbons (Fsp3) is 0.611. The lowest BCUT2D eigenvalue weighted by Gasteiger charge is -2.33. The fourth-order valence-corrected chi connectivity index (χ4v) is 2.93. The average molecular weight is 273 g/mol. The van der Waals surface area contributed by atoms with Crippen LogP contribution in [0.4, 0.5) is 0 Å². The second-order valence-electron chi connectivity index (χ2n) is 8.01. The first-order valence-corrected chi connectivity index (χ1v) is 7.15. The molecule has 0 unspecified atom stereocenters. The molecule has 0 spiro atoms. The van der Waals surface area contributed by atoms with Crippen LogP contribution in [0.15, 0.2) is 18.2 Å². The van der Waals surface area contributed by atoms with E-state index in [2.05, 4.69) is 40.7 Å². The molecule has 0 aliphatic rings. The Hall–Kier alpha value is -1.49. The number of para-hydroxylation sites is 1. The topological polar surface area (TPSA) is 44.0 Å². The van der Waals surface area contributed by atoms with Crippen LogP contribution >= 0.6 is 0 Å². The Kier molecular flexibility index (Phi) is 4.25. The van der Waals surface area contributed by atoms with Gasteiger partial charge in [-0.05, 0) is 42.2 Å². The summed E-state index contributed by atoms with van der Waals surface area (Å²) in [6.45, 7) is 14.4. The van der Waals surface area contributed by atoms with Crippen molar-refractivity contribution >= 4 is 0 Å². The van der Waals surface area contributed by atoms with Gasteiger partial charge < -0.3 is 5.11 Å². The first-order valence-electron chi connectivity index (χ1n) is 7.15. The quantitative estimate of drug-likeness (QED) is 0.850. The van der Waals surface area contributed by atoms with E-state index in [4.69, 9.17) is 0 Å². The third kappa shape index (κ3) is 3.54. The number of phenolic OH excluding ortho intramolecular Hbond substituents is 1. The maximum atomic E-state index is 10.6. The Morgan fingerprint density at radius 2 is 1.50 bits per heavy atom. The lowest BCUT2D eigenvalue weighted by molar-refractivity contribution is 0.318. The molecule has 2 nitrogen and oxygen atoms in total. The highest BCUT2D eigenvalue weighted by atomic mass is 16.3. The van der Waals surface area contributed by atoms with Gasteiger partial charge in [0.25, 0.3) is 0 Å². The standard InChI is InChI=1S/C18H27NO/c1-16(2,3)13-9-8-10-14(15(13)20)18(6,7)11-17(4,5)12-19/h8-10,20H,11H2,1-7H3. The first kappa shape index (κ1) is 16.6. The number of nitriles is 1. The highest BCUT2D eigenvalue weighted by molar-refractivity contribution is 5.47. The molecule has 20 heavy (non-hydrogen) atoms. The van der Waals surface area contributed by atoms with Crippen LogP contribution < -0.4 is 0 Å². The van der Waals surface area contributed by atoms with E-state index in [1.807, 2.05) is 32.0 Å². The van der Waals surface area contributed by atoms with Crippen molar-refractivity contribution in [3.8, 4) is 11.8 Å². The zero-order chi connectivity index (χ0) is 15.8. The monoisotopic (exact) mass is 273 g/mol. The maximum absolute atomic E-state index is 10.6. The fourth-order valence-electron chi connectivity index (χ4n) is 2.93. The molecule has 0 saturated heterocycles. The van der Waals surface area contributed by atoms with Crippen molar-refractivity contribution in [3.05, 3.63) is 29.3 Å². The molecule has 0 aliphatic heterocycles. The van der Waals surface area contributed by atoms with Crippen LogP contribution in [0.1, 0.15) is 66.0 Å². The van der Waals surface area contributed by atoms with Gasteiger partial charge in [0.15, 0.2) is 0 Å². The van der Waals surface area contributed by atoms with Crippen LogP contribution in [-0.4, -0.2) is 5.11 Å². The van der Waals surface area contributed by atoms with Gasteiger partial charge in [0.05, 0.1) is 11.5 Å². The van der Waals surface area contributed by atoms with Gasteiger partial charge in [0, 0.05) is 0 Å². The minimum Gasteiger partial charge on any atom is -0.507 e. The second-order valence-corrected chi connectivity index (χ2v) is 8.01. The van der Waals surface area contributed by atoms with Crippen molar-refractivity contribution in [1.29, 1.82) is 5.26 Å². The van der Waals surface area contributed by atoms with E-state index in [1.165, 1.54) is 0 Å². The summed E-state index contributed by atoms with van der Waals surface area (Å²) in [6.07, 6.45) is 0.706. The van der Waals surface area contributed by atoms with Crippen molar-refractivity contribution in [3.63, 3.8) is 0 Å². The Morgan fingerprint density at radius 3 is 1.95 bits per heavy atom. The number of rotatable bonds is 3. The van der Waals surface area contributed by atoms with E-state index in [-0.39, 0.29) is 10.8 Å². The molecule has 0 aromatic heterocycles. The minimum absolute atomic E-state index is 0.0963. The summed E-state index contributed by atoms with van der Waals surface area (Å²) in [5, 5.41) is 19.9. The van der Waals surface area contributed by atoms with Crippen LogP contribution in [0, 0.1) is 16.7 Å². The Morgan fingerprint density at radius 1 is 1.00 bits per heavy atom. The number of benzene rings is 1. The lowest BCUT2D eigenvalue weighted by Crippen LogP contribution is -2.26. The van der Waals surface area contributed by atoms with E-state index < -0.39 is 5.41 Å². The molecule has 0 amide bonds. The highest BCUT2D eigenvalue weighted by Gasteiger charge is 2.33. The van der Waals surface area contributed by atoms with E-state index in [0.29, 0.717) is 12.2 Å². The second kappa shape index (κ2) is 5.13. The molecule has 110 valence electrons. The van der Waals surface area contributed by atoms with Crippen LogP contribution in [0.25, 0.3) is 0 Å². The number of phenols is 1. The van der Waals surface area contributed by atoms with Gasteiger partial charge in [-0.1, -0.05) is 52.8 Å². The molecule has 0 fully saturated rings. The zero-order valence-electron chi connectivity index (χ0n) is 13.8. The zero-order valence-corrected chi connectivity index (χ0v) is 13.8. The summed E-state index contributed by atoms with van der Waals surface area (Å²) in [5.74, 6) is 0.374. The highest BCUT2D eigenvalue weighted by Crippen LogP contribution is 2.43. The molecule has 0 atom stereocenters. The molecular formula is C18H27NO. The van der Waals surface area contributed by atoms with Crippen molar-refractivity contribution in [2.45, 2.75) is 65.7 Å². The summed E-state index contributed by atoms with van der Waals surface area (Å²) in [4.78, 5) is 0. The van der Waals surface area contributed by atoms with Gasteiger partial charge in [-0.25, -0.2) is 0 Å². The number of nitrogens with zero attached hydrogens (tertiary/aromatic N) is 1. The van der Waals surface area contributed by atoms with Gasteiger partial charge in [-0.3, -0.25) is 0 Å². The molecule has 1 N–H and O–H groups in total. The van der Waals surface area contributed by atoms with Crippen molar-refractivity contribution in [2.75, 3.05) is 0 Å². The summed E-state index contributed by atoms with van der Waals surface area (Å²) in [6, 6.07) is 8.29. The molecule has 0 aliphatic carbocycles. The third-order valence-electron chi connectivity index (χ3n) is 3.76. The van der Waals surface area contributed by atoms with Crippen molar-refractivity contribution < 1.29 is 5.11 Å². The third-order valence-corrected chi connectivity index (χ3v) is 3.76. The Balaban J connectivity index is 3.31. The summed E-state index contributed by atoms with van der Waals surface area (Å²) in [7, 11) is 0. The molecule has 0 radical (unpaired) electrons. The van der Waals surface area contributed by atoms with Crippen LogP contribution in [0.5, 0.6) is 5.75 Å². The molecule has 1 aromatic rings. The lowest BCUT2D eigenvalue weighted by atomic mass is 9.70. The molecule has 2 heteroatoms. The molecule has 1 aromatic carbocycles. The normalized spacial score (nSPS) is 13.1. The van der Waals surface area contributed by atoms with E-state index in [0.717, 1.165) is 11.1 Å². The molecule has 1 rings (SSSR count). The Bertz CT molecular complexity index is 527. The number of hydrogen-bond donors (Lipinski definition) is 1. The summed E-state index contributed by atoms with van der Waals surface area (Å²) in [5.41, 5.74) is 1.13. The van der Waals surface area contributed by atoms with Crippen molar-refractivity contribution in [2.24, 2.45) is 5.41 Å². The molecular weight excluding hydrogens is 246 g/mol. The van der Waals surface area contributed by atoms with Crippen molar-refractivity contribution in [1.82, 2.24) is 0 Å². The smallest absolute Gasteiger partial charge is 0.123 e. The minimum atomic E-state index is -0.409. The SMILES string of the molecule is CC(C)(C#N)CC(C)(C)c1cccc(C(C)(C)C)c1O. The van der Waals surface area contributed by atoms with E-state index in [9.17, 15) is 10.4 Å². The maximum Gasteiger partial charge on any atom is 0.123 e. The van der Waals surface area contributed by atoms with E-state index in [1.54, 1.807) is 0 Å². The van der Waals surface area contributed by atoms with Crippen LogP contribution in [-0.2, 0) is 10.8 Å². The molecule has 0 bridgehead atoms. The number of aromatic hydroxyl groups is 1. The van der Waals surface area contributed by atoms with Gasteiger partial charge >= 0.3 is 0 Å². The predicted octanol–water partition coefficient (Wildman–Crippen LogP) is 4.91. The van der Waals surface area contributed by atoms with Gasteiger partial charge in [-0.15, -0.1) is 0 Å². The summed E-state index contributed by atoms with van der Waals surface area (Å²) < 4.78 is 0. The Labute approximate surface area is 123 Å². The molecule has 0 heterocycles. The van der Waals surface area contributed by atoms with E-state index >= 15 is 0 Å². The largest absolute Gasteiger partial charge is 0.507 e.